The Bertz CT molecular complexity index is 306. The predicted molar refractivity (Wildman–Crippen MR) is 83.4 cm³/mol. The van der Waals surface area contributed by atoms with Gasteiger partial charge in [-0.2, -0.15) is 0 Å². The van der Waals surface area contributed by atoms with Gasteiger partial charge in [-0.05, 0) is 19.3 Å². The summed E-state index contributed by atoms with van der Waals surface area (Å²) in [7, 11) is 0. The minimum Gasteiger partial charge on any atom is -0.355 e. The lowest BCUT2D eigenvalue weighted by molar-refractivity contribution is -0.128. The summed E-state index contributed by atoms with van der Waals surface area (Å²) in [5.74, 6) is 0.706. The Kier molecular flexibility index (Phi) is 8.51. The van der Waals surface area contributed by atoms with Crippen molar-refractivity contribution >= 4 is 11.8 Å². The van der Waals surface area contributed by atoms with Crippen LogP contribution in [0.3, 0.4) is 0 Å². The first-order chi connectivity index (χ1) is 9.12. The van der Waals surface area contributed by atoms with Gasteiger partial charge < -0.3 is 10.6 Å². The van der Waals surface area contributed by atoms with Crippen LogP contribution in [0.1, 0.15) is 67.2 Å². The smallest absolute Gasteiger partial charge is 0.225 e. The molecule has 2 N–H and O–H groups in total. The Morgan fingerprint density at radius 2 is 1.65 bits per heavy atom. The standard InChI is InChI=1S/C16H32N2O2/c1-12(2)8-7-9-13(3)18-14(19)10-11-17-15(20)16(4,5)6/h12-13H,7-11H2,1-6H3,(H,17,20)(H,18,19). The number of hydrogen-bond donors (Lipinski definition) is 2. The Balaban J connectivity index is 3.75. The van der Waals surface area contributed by atoms with Gasteiger partial charge in [0.2, 0.25) is 11.8 Å². The molecule has 0 rings (SSSR count). The van der Waals surface area contributed by atoms with Gasteiger partial charge in [0.15, 0.2) is 0 Å². The lowest BCUT2D eigenvalue weighted by Gasteiger charge is -2.18. The van der Waals surface area contributed by atoms with Gasteiger partial charge in [0.05, 0.1) is 0 Å². The van der Waals surface area contributed by atoms with Crippen LogP contribution in [0.2, 0.25) is 0 Å². The van der Waals surface area contributed by atoms with E-state index in [1.54, 1.807) is 0 Å². The third-order valence-corrected chi connectivity index (χ3v) is 3.14. The summed E-state index contributed by atoms with van der Waals surface area (Å²) in [5, 5.41) is 5.76. The van der Waals surface area contributed by atoms with E-state index in [1.165, 1.54) is 6.42 Å². The highest BCUT2D eigenvalue weighted by Gasteiger charge is 2.20. The highest BCUT2D eigenvalue weighted by Crippen LogP contribution is 2.12. The fraction of sp³-hybridized carbons (Fsp3) is 0.875. The van der Waals surface area contributed by atoms with E-state index in [1.807, 2.05) is 27.7 Å². The van der Waals surface area contributed by atoms with E-state index >= 15 is 0 Å². The SMILES string of the molecule is CC(C)CCCC(C)NC(=O)CCNC(=O)C(C)(C)C. The van der Waals surface area contributed by atoms with Crippen molar-refractivity contribution in [3.63, 3.8) is 0 Å². The Hall–Kier alpha value is -1.06. The predicted octanol–water partition coefficient (Wildman–Crippen LogP) is 2.87. The van der Waals surface area contributed by atoms with Crippen molar-refractivity contribution in [3.05, 3.63) is 0 Å². The lowest BCUT2D eigenvalue weighted by atomic mass is 9.96. The Morgan fingerprint density at radius 1 is 1.05 bits per heavy atom. The van der Waals surface area contributed by atoms with E-state index < -0.39 is 5.41 Å². The molecule has 0 saturated heterocycles. The zero-order valence-corrected chi connectivity index (χ0v) is 14.0. The molecule has 1 unspecified atom stereocenters. The number of carbonyl (C=O) groups excluding carboxylic acids is 2. The molecule has 0 aromatic heterocycles. The minimum atomic E-state index is -0.402. The van der Waals surface area contributed by atoms with Gasteiger partial charge in [0.25, 0.3) is 0 Å². The summed E-state index contributed by atoms with van der Waals surface area (Å²) in [6.45, 7) is 12.4. The highest BCUT2D eigenvalue weighted by atomic mass is 16.2. The average molecular weight is 284 g/mol. The highest BCUT2D eigenvalue weighted by molar-refractivity contribution is 5.82. The third kappa shape index (κ3) is 9.82. The van der Waals surface area contributed by atoms with Crippen LogP contribution in [0.15, 0.2) is 0 Å². The zero-order valence-electron chi connectivity index (χ0n) is 14.0. The summed E-state index contributed by atoms with van der Waals surface area (Å²) < 4.78 is 0. The maximum atomic E-state index is 11.7. The first-order valence-corrected chi connectivity index (χ1v) is 7.70. The molecule has 0 saturated carbocycles. The second kappa shape index (κ2) is 8.98. The number of hydrogen-bond acceptors (Lipinski definition) is 2. The normalized spacial score (nSPS) is 13.2. The number of rotatable bonds is 8. The molecule has 0 fully saturated rings. The minimum absolute atomic E-state index is 0.0104. The molecule has 4 nitrogen and oxygen atoms in total. The number of carbonyl (C=O) groups is 2. The first kappa shape index (κ1) is 18.9. The van der Waals surface area contributed by atoms with Crippen molar-refractivity contribution in [3.8, 4) is 0 Å². The van der Waals surface area contributed by atoms with Gasteiger partial charge in [-0.15, -0.1) is 0 Å². The van der Waals surface area contributed by atoms with Gasteiger partial charge >= 0.3 is 0 Å². The molecule has 0 aliphatic heterocycles. The second-order valence-corrected chi connectivity index (χ2v) is 7.05. The molecule has 1 atom stereocenters. The second-order valence-electron chi connectivity index (χ2n) is 7.05. The van der Waals surface area contributed by atoms with Crippen LogP contribution in [-0.4, -0.2) is 24.4 Å². The molecular weight excluding hydrogens is 252 g/mol. The van der Waals surface area contributed by atoms with Crippen LogP contribution in [0.5, 0.6) is 0 Å². The summed E-state index contributed by atoms with van der Waals surface area (Å²) in [6, 6.07) is 0.208. The molecule has 0 radical (unpaired) electrons. The molecule has 0 aliphatic carbocycles. The van der Waals surface area contributed by atoms with Crippen LogP contribution in [-0.2, 0) is 9.59 Å². The average Bonchev–Trinajstić information content (AvgIpc) is 2.26. The summed E-state index contributed by atoms with van der Waals surface area (Å²) in [5.41, 5.74) is -0.402. The topological polar surface area (TPSA) is 58.2 Å². The molecule has 20 heavy (non-hydrogen) atoms. The molecule has 4 heteroatoms. The van der Waals surface area contributed by atoms with Crippen LogP contribution >= 0.6 is 0 Å². The van der Waals surface area contributed by atoms with Crippen molar-refractivity contribution in [2.24, 2.45) is 11.3 Å². The maximum Gasteiger partial charge on any atom is 0.225 e. The van der Waals surface area contributed by atoms with E-state index in [2.05, 4.69) is 24.5 Å². The van der Waals surface area contributed by atoms with Gasteiger partial charge in [-0.1, -0.05) is 47.5 Å². The largest absolute Gasteiger partial charge is 0.355 e. The van der Waals surface area contributed by atoms with Gasteiger partial charge in [0, 0.05) is 24.4 Å². The maximum absolute atomic E-state index is 11.7. The first-order valence-electron chi connectivity index (χ1n) is 7.70. The van der Waals surface area contributed by atoms with Crippen molar-refractivity contribution < 1.29 is 9.59 Å². The summed E-state index contributed by atoms with van der Waals surface area (Å²) >= 11 is 0. The summed E-state index contributed by atoms with van der Waals surface area (Å²) in [6.07, 6.45) is 3.69. The lowest BCUT2D eigenvalue weighted by Crippen LogP contribution is -2.39. The van der Waals surface area contributed by atoms with Crippen molar-refractivity contribution in [2.45, 2.75) is 73.3 Å². The fourth-order valence-electron chi connectivity index (χ4n) is 1.81. The molecule has 0 aromatic carbocycles. The van der Waals surface area contributed by atoms with Gasteiger partial charge in [-0.3, -0.25) is 9.59 Å². The molecule has 0 bridgehead atoms. The summed E-state index contributed by atoms with van der Waals surface area (Å²) in [4.78, 5) is 23.3. The van der Waals surface area contributed by atoms with Gasteiger partial charge in [0.1, 0.15) is 0 Å². The van der Waals surface area contributed by atoms with Crippen LogP contribution in [0, 0.1) is 11.3 Å². The number of nitrogens with one attached hydrogen (secondary N) is 2. The molecule has 0 heterocycles. The van der Waals surface area contributed by atoms with E-state index in [0.29, 0.717) is 18.9 Å². The van der Waals surface area contributed by atoms with Crippen molar-refractivity contribution in [1.82, 2.24) is 10.6 Å². The van der Waals surface area contributed by atoms with Crippen LogP contribution < -0.4 is 10.6 Å². The molecule has 0 aliphatic rings. The van der Waals surface area contributed by atoms with E-state index in [4.69, 9.17) is 0 Å². The fourth-order valence-corrected chi connectivity index (χ4v) is 1.81. The van der Waals surface area contributed by atoms with Crippen molar-refractivity contribution in [2.75, 3.05) is 6.54 Å². The van der Waals surface area contributed by atoms with Crippen molar-refractivity contribution in [1.29, 1.82) is 0 Å². The molecule has 2 amide bonds. The van der Waals surface area contributed by atoms with E-state index in [9.17, 15) is 9.59 Å². The quantitative estimate of drug-likeness (QED) is 0.720. The molecule has 0 aromatic rings. The molecule has 0 spiro atoms. The molecular formula is C16H32N2O2. The van der Waals surface area contributed by atoms with Crippen LogP contribution in [0.4, 0.5) is 0 Å². The zero-order chi connectivity index (χ0) is 15.8. The Morgan fingerprint density at radius 3 is 2.15 bits per heavy atom. The van der Waals surface area contributed by atoms with Crippen LogP contribution in [0.25, 0.3) is 0 Å². The monoisotopic (exact) mass is 284 g/mol. The van der Waals surface area contributed by atoms with E-state index in [-0.39, 0.29) is 17.9 Å². The molecule has 118 valence electrons. The van der Waals surface area contributed by atoms with Gasteiger partial charge in [-0.25, -0.2) is 0 Å². The number of amides is 2. The third-order valence-electron chi connectivity index (χ3n) is 3.14. The van der Waals surface area contributed by atoms with E-state index in [0.717, 1.165) is 12.8 Å². The Labute approximate surface area is 124 Å².